The molecule has 1 amide bonds. The maximum atomic E-state index is 12.6. The van der Waals surface area contributed by atoms with Crippen LogP contribution >= 0.6 is 0 Å². The highest BCUT2D eigenvalue weighted by Crippen LogP contribution is 2.28. The van der Waals surface area contributed by atoms with Crippen LogP contribution in [0.3, 0.4) is 0 Å². The molecule has 1 aromatic carbocycles. The Morgan fingerprint density at radius 3 is 2.80 bits per heavy atom. The molecule has 1 aliphatic carbocycles. The van der Waals surface area contributed by atoms with Gasteiger partial charge in [0.2, 0.25) is 0 Å². The Hall–Kier alpha value is -2.18. The van der Waals surface area contributed by atoms with Gasteiger partial charge in [0.25, 0.3) is 5.91 Å². The van der Waals surface area contributed by atoms with Crippen molar-refractivity contribution in [3.8, 4) is 5.69 Å². The summed E-state index contributed by atoms with van der Waals surface area (Å²) in [6.45, 7) is 5.75. The zero-order valence-electron chi connectivity index (χ0n) is 15.0. The monoisotopic (exact) mass is 343 g/mol. The van der Waals surface area contributed by atoms with Crippen molar-refractivity contribution in [2.45, 2.75) is 46.1 Å². The average Bonchev–Trinajstić information content (AvgIpc) is 3.18. The van der Waals surface area contributed by atoms with Crippen LogP contribution in [0.5, 0.6) is 0 Å². The van der Waals surface area contributed by atoms with Gasteiger partial charge in [0.1, 0.15) is 6.10 Å². The number of benzene rings is 1. The zero-order chi connectivity index (χ0) is 18.0. The second-order valence-corrected chi connectivity index (χ2v) is 6.84. The summed E-state index contributed by atoms with van der Waals surface area (Å²) in [5.74, 6) is -0.259. The Bertz CT molecular complexity index is 767. The van der Waals surface area contributed by atoms with Crippen LogP contribution in [0.25, 0.3) is 5.69 Å². The van der Waals surface area contributed by atoms with Crippen LogP contribution < -0.4 is 5.48 Å². The lowest BCUT2D eigenvalue weighted by Crippen LogP contribution is -2.35. The number of aryl methyl sites for hydroxylation is 1. The summed E-state index contributed by atoms with van der Waals surface area (Å²) in [5.41, 5.74) is 7.08. The molecule has 2 N–H and O–H groups in total. The fourth-order valence-electron chi connectivity index (χ4n) is 3.18. The molecule has 25 heavy (non-hydrogen) atoms. The lowest BCUT2D eigenvalue weighted by molar-refractivity contribution is -0.0604. The molecule has 0 saturated carbocycles. The number of nitrogens with zero attached hydrogens (tertiary/aromatic N) is 2. The third kappa shape index (κ3) is 3.45. The predicted molar refractivity (Wildman–Crippen MR) is 94.6 cm³/mol. The second kappa shape index (κ2) is 7.37. The third-order valence-corrected chi connectivity index (χ3v) is 4.72. The first-order chi connectivity index (χ1) is 12.0. The first-order valence-electron chi connectivity index (χ1n) is 8.76. The number of aliphatic hydroxyl groups is 1. The molecule has 134 valence electrons. The van der Waals surface area contributed by atoms with Gasteiger partial charge in [-0.1, -0.05) is 32.0 Å². The van der Waals surface area contributed by atoms with Gasteiger partial charge < -0.3 is 5.11 Å². The van der Waals surface area contributed by atoms with Crippen molar-refractivity contribution in [1.82, 2.24) is 15.3 Å². The second-order valence-electron chi connectivity index (χ2n) is 6.84. The molecule has 0 saturated heterocycles. The molecule has 3 rings (SSSR count). The van der Waals surface area contributed by atoms with Gasteiger partial charge in [-0.15, -0.1) is 0 Å². The molecule has 1 atom stereocenters. The molecule has 0 spiro atoms. The van der Waals surface area contributed by atoms with Gasteiger partial charge in [-0.2, -0.15) is 5.10 Å². The molecule has 0 fully saturated rings. The van der Waals surface area contributed by atoms with E-state index in [9.17, 15) is 9.90 Å². The quantitative estimate of drug-likeness (QED) is 0.790. The number of fused-ring (bicyclic) bond motifs is 1. The molecular weight excluding hydrogens is 318 g/mol. The number of hydrogen-bond acceptors (Lipinski definition) is 4. The molecule has 0 unspecified atom stereocenters. The highest BCUT2D eigenvalue weighted by Gasteiger charge is 2.28. The van der Waals surface area contributed by atoms with Crippen LogP contribution in [0, 0.1) is 12.8 Å². The summed E-state index contributed by atoms with van der Waals surface area (Å²) < 4.78 is 1.89. The van der Waals surface area contributed by atoms with E-state index in [-0.39, 0.29) is 18.4 Å². The van der Waals surface area contributed by atoms with Crippen LogP contribution in [0.4, 0.5) is 0 Å². The van der Waals surface area contributed by atoms with E-state index in [1.165, 1.54) is 0 Å². The minimum absolute atomic E-state index is 0.0977. The minimum Gasteiger partial charge on any atom is -0.394 e. The number of rotatable bonds is 6. The van der Waals surface area contributed by atoms with E-state index in [0.717, 1.165) is 41.8 Å². The predicted octanol–water partition coefficient (Wildman–Crippen LogP) is 2.35. The molecule has 6 heteroatoms. The molecule has 0 bridgehead atoms. The van der Waals surface area contributed by atoms with Gasteiger partial charge in [0, 0.05) is 11.3 Å². The minimum atomic E-state index is -0.435. The zero-order valence-corrected chi connectivity index (χ0v) is 15.0. The van der Waals surface area contributed by atoms with Gasteiger partial charge in [-0.25, -0.2) is 10.2 Å². The summed E-state index contributed by atoms with van der Waals surface area (Å²) in [4.78, 5) is 18.0. The first kappa shape index (κ1) is 17.6. The SMILES string of the molecule is Cc1ccccc1-n1nc(C(=O)NO[C@H](CO)C(C)C)c2c1CCC2. The van der Waals surface area contributed by atoms with E-state index >= 15 is 0 Å². The largest absolute Gasteiger partial charge is 0.394 e. The standard InChI is InChI=1S/C19H25N3O3/c1-12(2)17(11-23)25-21-19(24)18-14-8-6-10-16(14)22(20-18)15-9-5-4-7-13(15)3/h4-5,7,9,12,17,23H,6,8,10-11H2,1-3H3,(H,21,24)/t17-/m1/s1. The normalized spacial score (nSPS) is 14.6. The Balaban J connectivity index is 1.87. The Morgan fingerprint density at radius 2 is 2.12 bits per heavy atom. The average molecular weight is 343 g/mol. The van der Waals surface area contributed by atoms with Crippen molar-refractivity contribution in [3.05, 3.63) is 46.8 Å². The van der Waals surface area contributed by atoms with Crippen molar-refractivity contribution < 1.29 is 14.7 Å². The molecule has 2 aromatic rings. The fraction of sp³-hybridized carbons (Fsp3) is 0.474. The Morgan fingerprint density at radius 1 is 1.36 bits per heavy atom. The van der Waals surface area contributed by atoms with E-state index in [0.29, 0.717) is 5.69 Å². The number of carbonyl (C=O) groups excluding carboxylic acids is 1. The number of carbonyl (C=O) groups is 1. The number of para-hydroxylation sites is 1. The van der Waals surface area contributed by atoms with Crippen LogP contribution in [-0.4, -0.2) is 33.5 Å². The Labute approximate surface area is 147 Å². The highest BCUT2D eigenvalue weighted by molar-refractivity contribution is 5.93. The van der Waals surface area contributed by atoms with Crippen LogP contribution in [0.1, 0.15) is 47.6 Å². The van der Waals surface area contributed by atoms with Crippen LogP contribution in [0.2, 0.25) is 0 Å². The summed E-state index contributed by atoms with van der Waals surface area (Å²) in [6, 6.07) is 8.02. The van der Waals surface area contributed by atoms with E-state index < -0.39 is 6.10 Å². The number of aliphatic hydroxyl groups excluding tert-OH is 1. The molecule has 1 aromatic heterocycles. The summed E-state index contributed by atoms with van der Waals surface area (Å²) in [7, 11) is 0. The lowest BCUT2D eigenvalue weighted by Gasteiger charge is -2.18. The van der Waals surface area contributed by atoms with Crippen LogP contribution in [0.15, 0.2) is 24.3 Å². The maximum Gasteiger partial charge on any atom is 0.295 e. The summed E-state index contributed by atoms with van der Waals surface area (Å²) in [6.07, 6.45) is 2.34. The van der Waals surface area contributed by atoms with Crippen molar-refractivity contribution in [2.75, 3.05) is 6.61 Å². The van der Waals surface area contributed by atoms with Crippen LogP contribution in [-0.2, 0) is 17.7 Å². The molecule has 1 heterocycles. The number of nitrogens with one attached hydrogen (secondary N) is 1. The molecule has 0 aliphatic heterocycles. The number of hydrogen-bond donors (Lipinski definition) is 2. The van der Waals surface area contributed by atoms with E-state index in [1.54, 1.807) is 0 Å². The Kier molecular flexibility index (Phi) is 5.20. The van der Waals surface area contributed by atoms with Gasteiger partial charge in [-0.3, -0.25) is 9.63 Å². The number of amides is 1. The molecule has 6 nitrogen and oxygen atoms in total. The lowest BCUT2D eigenvalue weighted by atomic mass is 10.1. The van der Waals surface area contributed by atoms with Gasteiger partial charge in [-0.05, 0) is 43.7 Å². The maximum absolute atomic E-state index is 12.6. The van der Waals surface area contributed by atoms with E-state index in [1.807, 2.05) is 49.7 Å². The first-order valence-corrected chi connectivity index (χ1v) is 8.76. The number of hydroxylamine groups is 1. The third-order valence-electron chi connectivity index (χ3n) is 4.72. The summed E-state index contributed by atoms with van der Waals surface area (Å²) >= 11 is 0. The van der Waals surface area contributed by atoms with E-state index in [4.69, 9.17) is 4.84 Å². The molecule has 1 aliphatic rings. The highest BCUT2D eigenvalue weighted by atomic mass is 16.7. The topological polar surface area (TPSA) is 76.4 Å². The fourth-order valence-corrected chi connectivity index (χ4v) is 3.18. The molecular formula is C19H25N3O3. The molecule has 0 radical (unpaired) electrons. The van der Waals surface area contributed by atoms with Gasteiger partial charge >= 0.3 is 0 Å². The van der Waals surface area contributed by atoms with E-state index in [2.05, 4.69) is 10.6 Å². The summed E-state index contributed by atoms with van der Waals surface area (Å²) in [5, 5.41) is 13.9. The smallest absolute Gasteiger partial charge is 0.295 e. The van der Waals surface area contributed by atoms with Crippen molar-refractivity contribution in [1.29, 1.82) is 0 Å². The van der Waals surface area contributed by atoms with Crippen molar-refractivity contribution in [2.24, 2.45) is 5.92 Å². The van der Waals surface area contributed by atoms with Gasteiger partial charge in [0.05, 0.1) is 12.3 Å². The van der Waals surface area contributed by atoms with Crippen molar-refractivity contribution >= 4 is 5.91 Å². The number of aromatic nitrogens is 2. The van der Waals surface area contributed by atoms with Gasteiger partial charge in [0.15, 0.2) is 5.69 Å². The van der Waals surface area contributed by atoms with Crippen molar-refractivity contribution in [3.63, 3.8) is 0 Å².